The number of carbonyl (C=O) groups excluding carboxylic acids is 2. The predicted molar refractivity (Wildman–Crippen MR) is 96.4 cm³/mol. The number of aryl methyl sites for hydroxylation is 2. The van der Waals surface area contributed by atoms with Crippen molar-refractivity contribution in [3.63, 3.8) is 0 Å². The maximum Gasteiger partial charge on any atom is 0.166 e. The van der Waals surface area contributed by atoms with Gasteiger partial charge < -0.3 is 5.32 Å². The van der Waals surface area contributed by atoms with Gasteiger partial charge >= 0.3 is 0 Å². The molecule has 1 aromatic heterocycles. The van der Waals surface area contributed by atoms with Gasteiger partial charge in [0.05, 0.1) is 29.5 Å². The Morgan fingerprint density at radius 2 is 2.04 bits per heavy atom. The van der Waals surface area contributed by atoms with Gasteiger partial charge in [0.15, 0.2) is 5.78 Å². The Morgan fingerprint density at radius 3 is 2.72 bits per heavy atom. The normalized spacial score (nSPS) is 29.7. The van der Waals surface area contributed by atoms with E-state index < -0.39 is 11.1 Å². The van der Waals surface area contributed by atoms with E-state index in [0.29, 0.717) is 6.42 Å². The highest BCUT2D eigenvalue weighted by molar-refractivity contribution is 5.91. The lowest BCUT2D eigenvalue weighted by Gasteiger charge is -2.32. The molecule has 0 aromatic carbocycles. The topological polar surface area (TPSA) is 88.9 Å². The lowest BCUT2D eigenvalue weighted by Crippen LogP contribution is -2.56. The lowest BCUT2D eigenvalue weighted by atomic mass is 9.87. The Bertz CT molecular complexity index is 614. The van der Waals surface area contributed by atoms with Crippen LogP contribution in [0.15, 0.2) is 6.20 Å². The molecule has 0 radical (unpaired) electrons. The van der Waals surface area contributed by atoms with Gasteiger partial charge in [-0.1, -0.05) is 5.21 Å². The second-order valence-corrected chi connectivity index (χ2v) is 7.51. The quantitative estimate of drug-likeness (QED) is 0.836. The van der Waals surface area contributed by atoms with Crippen molar-refractivity contribution in [1.29, 1.82) is 0 Å². The number of nitrogens with one attached hydrogen (secondary N) is 2. The first-order valence-corrected chi connectivity index (χ1v) is 9.16. The molecule has 0 saturated heterocycles. The fourth-order valence-electron chi connectivity index (χ4n) is 3.29. The minimum absolute atomic E-state index is 0.0694. The van der Waals surface area contributed by atoms with Crippen LogP contribution in [-0.4, -0.2) is 51.2 Å². The Morgan fingerprint density at radius 1 is 1.28 bits per heavy atom. The molecule has 7 heteroatoms. The number of aromatic nitrogens is 3. The van der Waals surface area contributed by atoms with E-state index in [-0.39, 0.29) is 18.1 Å². The molecule has 0 fully saturated rings. The molecular weight excluding hydrogens is 318 g/mol. The standard InChI is InChI=1S/C18H31N5O2/c1-14(24)17(2)9-5-6-11-23-15(12-21-22-23)8-7-10-18(3,19-4)16(25)13-20-17/h12,19-20H,5-11,13H2,1-4H3/t17-,18-/m0/s1. The second-order valence-electron chi connectivity index (χ2n) is 7.51. The Hall–Kier alpha value is -1.60. The summed E-state index contributed by atoms with van der Waals surface area (Å²) in [6, 6.07) is 0. The predicted octanol–water partition coefficient (Wildman–Crippen LogP) is 1.27. The Balaban J connectivity index is 2.21. The van der Waals surface area contributed by atoms with E-state index in [1.165, 1.54) is 0 Å². The third-order valence-electron chi connectivity index (χ3n) is 5.69. The van der Waals surface area contributed by atoms with E-state index in [1.54, 1.807) is 6.92 Å². The van der Waals surface area contributed by atoms with Gasteiger partial charge in [0.2, 0.25) is 0 Å². The van der Waals surface area contributed by atoms with Crippen molar-refractivity contribution in [2.24, 2.45) is 0 Å². The van der Waals surface area contributed by atoms with Gasteiger partial charge in [0, 0.05) is 6.54 Å². The SMILES string of the molecule is CN[C@@]1(C)CCCc2cnnn2CCCC[C@@](C)(C(C)=O)NCC1=O. The van der Waals surface area contributed by atoms with Crippen molar-refractivity contribution in [3.05, 3.63) is 11.9 Å². The summed E-state index contributed by atoms with van der Waals surface area (Å²) in [4.78, 5) is 24.9. The molecule has 0 spiro atoms. The first-order chi connectivity index (χ1) is 11.8. The molecule has 2 atom stereocenters. The minimum Gasteiger partial charge on any atom is -0.308 e. The van der Waals surface area contributed by atoms with Crippen molar-refractivity contribution in [1.82, 2.24) is 25.6 Å². The van der Waals surface area contributed by atoms with Crippen LogP contribution < -0.4 is 10.6 Å². The van der Waals surface area contributed by atoms with Gasteiger partial charge in [-0.3, -0.25) is 14.9 Å². The fourth-order valence-corrected chi connectivity index (χ4v) is 3.29. The summed E-state index contributed by atoms with van der Waals surface area (Å²) in [5, 5.41) is 14.6. The van der Waals surface area contributed by atoms with Crippen molar-refractivity contribution >= 4 is 11.6 Å². The maximum atomic E-state index is 12.8. The summed E-state index contributed by atoms with van der Waals surface area (Å²) in [6.45, 7) is 6.43. The molecular formula is C18H31N5O2. The lowest BCUT2D eigenvalue weighted by molar-refractivity contribution is -0.126. The van der Waals surface area contributed by atoms with Crippen LogP contribution in [-0.2, 0) is 22.6 Å². The zero-order chi connectivity index (χ0) is 18.5. The van der Waals surface area contributed by atoms with E-state index >= 15 is 0 Å². The molecule has 0 unspecified atom stereocenters. The van der Waals surface area contributed by atoms with Crippen LogP contribution >= 0.6 is 0 Å². The number of ketones is 2. The second kappa shape index (κ2) is 8.19. The highest BCUT2D eigenvalue weighted by atomic mass is 16.1. The molecule has 140 valence electrons. The molecule has 7 nitrogen and oxygen atoms in total. The summed E-state index contributed by atoms with van der Waals surface area (Å²) in [5.41, 5.74) is -0.164. The Labute approximate surface area is 149 Å². The van der Waals surface area contributed by atoms with Gasteiger partial charge in [0.25, 0.3) is 0 Å². The van der Waals surface area contributed by atoms with E-state index in [1.807, 2.05) is 31.8 Å². The first-order valence-electron chi connectivity index (χ1n) is 9.16. The molecule has 2 N–H and O–H groups in total. The van der Waals surface area contributed by atoms with Crippen LogP contribution in [0, 0.1) is 0 Å². The summed E-state index contributed by atoms with van der Waals surface area (Å²) >= 11 is 0. The molecule has 2 rings (SSSR count). The van der Waals surface area contributed by atoms with Crippen LogP contribution in [0.1, 0.15) is 58.6 Å². The first kappa shape index (κ1) is 19.7. The van der Waals surface area contributed by atoms with Crippen molar-refractivity contribution in [3.8, 4) is 0 Å². The largest absolute Gasteiger partial charge is 0.308 e. The number of rotatable bonds is 2. The van der Waals surface area contributed by atoms with Crippen LogP contribution in [0.3, 0.4) is 0 Å². The number of nitrogens with zero attached hydrogens (tertiary/aromatic N) is 3. The van der Waals surface area contributed by atoms with E-state index in [0.717, 1.165) is 44.3 Å². The van der Waals surface area contributed by atoms with Gasteiger partial charge in [-0.25, -0.2) is 4.68 Å². The average Bonchev–Trinajstić information content (AvgIpc) is 3.03. The molecule has 0 amide bonds. The van der Waals surface area contributed by atoms with Crippen molar-refractivity contribution in [2.75, 3.05) is 13.6 Å². The van der Waals surface area contributed by atoms with Gasteiger partial charge in [0.1, 0.15) is 5.78 Å². The number of carbonyl (C=O) groups is 2. The Kier molecular flexibility index (Phi) is 6.46. The monoisotopic (exact) mass is 349 g/mol. The maximum absolute atomic E-state index is 12.8. The number of Topliss-reactive ketones (excluding diaryl/α,β-unsaturated/α-hetero) is 2. The van der Waals surface area contributed by atoms with Gasteiger partial charge in [-0.05, 0) is 66.3 Å². The smallest absolute Gasteiger partial charge is 0.166 e. The molecule has 1 aliphatic heterocycles. The number of likely N-dealkylation sites (N-methyl/N-ethyl adjacent to an activating group) is 1. The summed E-state index contributed by atoms with van der Waals surface area (Å²) < 4.78 is 1.95. The molecule has 0 bridgehead atoms. The number of hydrogen-bond acceptors (Lipinski definition) is 6. The molecule has 1 aromatic rings. The summed E-state index contributed by atoms with van der Waals surface area (Å²) in [7, 11) is 1.82. The van der Waals surface area contributed by atoms with Crippen molar-refractivity contribution < 1.29 is 9.59 Å². The zero-order valence-electron chi connectivity index (χ0n) is 15.9. The third kappa shape index (κ3) is 4.73. The average molecular weight is 349 g/mol. The third-order valence-corrected chi connectivity index (χ3v) is 5.69. The highest BCUT2D eigenvalue weighted by Crippen LogP contribution is 2.20. The van der Waals surface area contributed by atoms with Crippen LogP contribution in [0.2, 0.25) is 0 Å². The zero-order valence-corrected chi connectivity index (χ0v) is 15.9. The minimum atomic E-state index is -0.667. The van der Waals surface area contributed by atoms with E-state index in [4.69, 9.17) is 0 Å². The van der Waals surface area contributed by atoms with Crippen molar-refractivity contribution in [2.45, 2.75) is 76.9 Å². The molecule has 1 aliphatic rings. The number of fused-ring (bicyclic) bond motifs is 1. The van der Waals surface area contributed by atoms with Crippen LogP contribution in [0.25, 0.3) is 0 Å². The number of hydrogen-bond donors (Lipinski definition) is 2. The molecule has 0 aliphatic carbocycles. The summed E-state index contributed by atoms with van der Waals surface area (Å²) in [6.07, 6.45) is 6.80. The fraction of sp³-hybridized carbons (Fsp3) is 0.778. The van der Waals surface area contributed by atoms with Gasteiger partial charge in [-0.15, -0.1) is 5.10 Å². The van der Waals surface area contributed by atoms with E-state index in [9.17, 15) is 9.59 Å². The molecule has 25 heavy (non-hydrogen) atoms. The molecule has 0 saturated carbocycles. The van der Waals surface area contributed by atoms with Crippen LogP contribution in [0.5, 0.6) is 0 Å². The molecule has 2 heterocycles. The van der Waals surface area contributed by atoms with E-state index in [2.05, 4.69) is 20.9 Å². The highest BCUT2D eigenvalue weighted by Gasteiger charge is 2.34. The summed E-state index contributed by atoms with van der Waals surface area (Å²) in [5.74, 6) is 0.158. The van der Waals surface area contributed by atoms with Gasteiger partial charge in [-0.2, -0.15) is 0 Å². The van der Waals surface area contributed by atoms with Crippen LogP contribution in [0.4, 0.5) is 0 Å².